The maximum absolute atomic E-state index is 13.4. The summed E-state index contributed by atoms with van der Waals surface area (Å²) in [6.45, 7) is 0. The molecule has 0 aliphatic carbocycles. The third-order valence-corrected chi connectivity index (χ3v) is 3.18. The van der Waals surface area contributed by atoms with Crippen molar-refractivity contribution in [2.75, 3.05) is 0 Å². The van der Waals surface area contributed by atoms with E-state index in [-0.39, 0.29) is 5.56 Å². The Balaban J connectivity index is 2.44. The summed E-state index contributed by atoms with van der Waals surface area (Å²) >= 11 is 1.34. The minimum Gasteiger partial charge on any atom is -0.320 e. The predicted octanol–water partition coefficient (Wildman–Crippen LogP) is 3.21. The third kappa shape index (κ3) is 1.96. The number of hydrogen-bond donors (Lipinski definition) is 1. The normalized spacial score (nSPS) is 12.8. The molecule has 1 aromatic carbocycles. The lowest BCUT2D eigenvalue weighted by atomic mass is 10.1. The van der Waals surface area contributed by atoms with Gasteiger partial charge in [0.1, 0.15) is 5.82 Å². The van der Waals surface area contributed by atoms with Gasteiger partial charge < -0.3 is 5.73 Å². The molecule has 2 aromatic rings. The van der Waals surface area contributed by atoms with Crippen LogP contribution in [0.15, 0.2) is 29.6 Å². The standard InChI is InChI=1S/C11H8F3NS/c12-7-5-9(14)8(13)4-6(7)11(15)10-2-1-3-16-10/h1-5,11H,15H2. The van der Waals surface area contributed by atoms with Crippen molar-refractivity contribution < 1.29 is 13.2 Å². The van der Waals surface area contributed by atoms with Crippen LogP contribution in [0.4, 0.5) is 13.2 Å². The zero-order valence-corrected chi connectivity index (χ0v) is 8.90. The molecule has 5 heteroatoms. The summed E-state index contributed by atoms with van der Waals surface area (Å²) in [6.07, 6.45) is 0. The number of thiophene rings is 1. The minimum absolute atomic E-state index is 0.0404. The highest BCUT2D eigenvalue weighted by Crippen LogP contribution is 2.26. The van der Waals surface area contributed by atoms with Crippen molar-refractivity contribution in [3.63, 3.8) is 0 Å². The molecule has 0 saturated carbocycles. The topological polar surface area (TPSA) is 26.0 Å². The van der Waals surface area contributed by atoms with Gasteiger partial charge in [-0.25, -0.2) is 13.2 Å². The Labute approximate surface area is 94.3 Å². The minimum atomic E-state index is -1.21. The summed E-state index contributed by atoms with van der Waals surface area (Å²) in [4.78, 5) is 0.699. The molecular formula is C11H8F3NS. The molecule has 0 bridgehead atoms. The zero-order chi connectivity index (χ0) is 11.7. The number of hydrogen-bond acceptors (Lipinski definition) is 2. The zero-order valence-electron chi connectivity index (χ0n) is 8.08. The van der Waals surface area contributed by atoms with Crippen LogP contribution in [0.3, 0.4) is 0 Å². The van der Waals surface area contributed by atoms with Crippen molar-refractivity contribution in [2.45, 2.75) is 6.04 Å². The summed E-state index contributed by atoms with van der Waals surface area (Å²) in [5.74, 6) is -3.14. The maximum Gasteiger partial charge on any atom is 0.161 e. The number of halogens is 3. The van der Waals surface area contributed by atoms with Gasteiger partial charge in [-0.05, 0) is 17.5 Å². The van der Waals surface area contributed by atoms with Gasteiger partial charge in [-0.2, -0.15) is 0 Å². The number of nitrogens with two attached hydrogens (primary N) is 1. The Morgan fingerprint density at radius 2 is 1.75 bits per heavy atom. The molecule has 1 atom stereocenters. The fourth-order valence-electron chi connectivity index (χ4n) is 1.40. The Bertz CT molecular complexity index is 496. The molecule has 2 N–H and O–H groups in total. The first-order valence-electron chi connectivity index (χ1n) is 4.53. The Kier molecular flexibility index (Phi) is 2.98. The lowest BCUT2D eigenvalue weighted by Crippen LogP contribution is -2.13. The highest BCUT2D eigenvalue weighted by atomic mass is 32.1. The van der Waals surface area contributed by atoms with Crippen LogP contribution in [0, 0.1) is 17.5 Å². The van der Waals surface area contributed by atoms with Gasteiger partial charge in [0.2, 0.25) is 0 Å². The van der Waals surface area contributed by atoms with Gasteiger partial charge in [0.15, 0.2) is 11.6 Å². The van der Waals surface area contributed by atoms with Crippen LogP contribution in [0.5, 0.6) is 0 Å². The molecule has 1 heterocycles. The van der Waals surface area contributed by atoms with Crippen LogP contribution in [0.2, 0.25) is 0 Å². The molecule has 16 heavy (non-hydrogen) atoms. The molecule has 0 spiro atoms. The molecule has 0 fully saturated rings. The second-order valence-corrected chi connectivity index (χ2v) is 4.26. The van der Waals surface area contributed by atoms with E-state index in [0.29, 0.717) is 10.9 Å². The Morgan fingerprint density at radius 3 is 2.38 bits per heavy atom. The van der Waals surface area contributed by atoms with Gasteiger partial charge in [-0.1, -0.05) is 6.07 Å². The molecule has 0 saturated heterocycles. The van der Waals surface area contributed by atoms with E-state index in [2.05, 4.69) is 0 Å². The molecule has 2 rings (SSSR count). The fourth-order valence-corrected chi connectivity index (χ4v) is 2.14. The van der Waals surface area contributed by atoms with Crippen molar-refractivity contribution in [3.8, 4) is 0 Å². The molecule has 1 nitrogen and oxygen atoms in total. The maximum atomic E-state index is 13.4. The highest BCUT2D eigenvalue weighted by Gasteiger charge is 2.17. The summed E-state index contributed by atoms with van der Waals surface area (Å²) in [5, 5.41) is 1.78. The van der Waals surface area contributed by atoms with Crippen LogP contribution < -0.4 is 5.73 Å². The largest absolute Gasteiger partial charge is 0.320 e. The van der Waals surface area contributed by atoms with Crippen molar-refractivity contribution in [2.24, 2.45) is 5.73 Å². The molecule has 1 unspecified atom stereocenters. The van der Waals surface area contributed by atoms with Gasteiger partial charge in [-0.3, -0.25) is 0 Å². The van der Waals surface area contributed by atoms with Crippen molar-refractivity contribution in [1.29, 1.82) is 0 Å². The van der Waals surface area contributed by atoms with E-state index >= 15 is 0 Å². The second kappa shape index (κ2) is 4.27. The van der Waals surface area contributed by atoms with Crippen molar-refractivity contribution in [1.82, 2.24) is 0 Å². The van der Waals surface area contributed by atoms with Crippen LogP contribution >= 0.6 is 11.3 Å². The second-order valence-electron chi connectivity index (χ2n) is 3.28. The quantitative estimate of drug-likeness (QED) is 0.805. The smallest absolute Gasteiger partial charge is 0.161 e. The summed E-state index contributed by atoms with van der Waals surface area (Å²) in [6, 6.07) is 4.02. The van der Waals surface area contributed by atoms with Gasteiger partial charge in [-0.15, -0.1) is 11.3 Å². The molecule has 0 aliphatic heterocycles. The van der Waals surface area contributed by atoms with E-state index in [1.807, 2.05) is 0 Å². The number of benzene rings is 1. The lowest BCUT2D eigenvalue weighted by Gasteiger charge is -2.11. The highest BCUT2D eigenvalue weighted by molar-refractivity contribution is 7.10. The van der Waals surface area contributed by atoms with Crippen LogP contribution in [-0.4, -0.2) is 0 Å². The van der Waals surface area contributed by atoms with Crippen molar-refractivity contribution in [3.05, 3.63) is 57.5 Å². The molecular weight excluding hydrogens is 235 g/mol. The predicted molar refractivity (Wildman–Crippen MR) is 56.7 cm³/mol. The molecule has 84 valence electrons. The van der Waals surface area contributed by atoms with E-state index < -0.39 is 23.5 Å². The Hall–Kier alpha value is -1.33. The molecule has 0 aliphatic rings. The van der Waals surface area contributed by atoms with Gasteiger partial charge in [0.25, 0.3) is 0 Å². The molecule has 0 amide bonds. The van der Waals surface area contributed by atoms with E-state index in [1.54, 1.807) is 17.5 Å². The van der Waals surface area contributed by atoms with E-state index in [4.69, 9.17) is 5.73 Å². The van der Waals surface area contributed by atoms with Crippen LogP contribution in [0.1, 0.15) is 16.5 Å². The molecule has 1 aromatic heterocycles. The van der Waals surface area contributed by atoms with Crippen LogP contribution in [-0.2, 0) is 0 Å². The van der Waals surface area contributed by atoms with E-state index in [1.165, 1.54) is 11.3 Å². The monoisotopic (exact) mass is 243 g/mol. The van der Waals surface area contributed by atoms with Gasteiger partial charge in [0.05, 0.1) is 6.04 Å². The molecule has 0 radical (unpaired) electrons. The van der Waals surface area contributed by atoms with Gasteiger partial charge in [0, 0.05) is 16.5 Å². The van der Waals surface area contributed by atoms with Gasteiger partial charge >= 0.3 is 0 Å². The summed E-state index contributed by atoms with van der Waals surface area (Å²) < 4.78 is 39.1. The average Bonchev–Trinajstić information content (AvgIpc) is 2.75. The first kappa shape index (κ1) is 11.2. The lowest BCUT2D eigenvalue weighted by molar-refractivity contribution is 0.488. The Morgan fingerprint density at radius 1 is 1.06 bits per heavy atom. The first-order valence-corrected chi connectivity index (χ1v) is 5.41. The van der Waals surface area contributed by atoms with Crippen LogP contribution in [0.25, 0.3) is 0 Å². The summed E-state index contributed by atoms with van der Waals surface area (Å²) in [7, 11) is 0. The summed E-state index contributed by atoms with van der Waals surface area (Å²) in [5.41, 5.74) is 5.72. The van der Waals surface area contributed by atoms with Crippen molar-refractivity contribution >= 4 is 11.3 Å². The number of rotatable bonds is 2. The SMILES string of the molecule is NC(c1cccs1)c1cc(F)c(F)cc1F. The van der Waals surface area contributed by atoms with E-state index in [9.17, 15) is 13.2 Å². The first-order chi connectivity index (χ1) is 7.59. The fraction of sp³-hybridized carbons (Fsp3) is 0.0909. The average molecular weight is 243 g/mol. The van der Waals surface area contributed by atoms with E-state index in [0.717, 1.165) is 6.07 Å². The third-order valence-electron chi connectivity index (χ3n) is 2.22.